The molecule has 0 radical (unpaired) electrons. The van der Waals surface area contributed by atoms with Crippen LogP contribution in [0.3, 0.4) is 0 Å². The summed E-state index contributed by atoms with van der Waals surface area (Å²) in [6.07, 6.45) is 1.68. The van der Waals surface area contributed by atoms with Crippen molar-refractivity contribution >= 4 is 15.7 Å². The van der Waals surface area contributed by atoms with Crippen molar-refractivity contribution < 1.29 is 8.42 Å². The van der Waals surface area contributed by atoms with Gasteiger partial charge in [-0.1, -0.05) is 6.92 Å². The van der Waals surface area contributed by atoms with Crippen LogP contribution >= 0.6 is 0 Å². The molecule has 2 N–H and O–H groups in total. The van der Waals surface area contributed by atoms with Gasteiger partial charge in [0.25, 0.3) is 0 Å². The molecule has 0 spiro atoms. The number of sulfone groups is 1. The van der Waals surface area contributed by atoms with Crippen LogP contribution in [0.25, 0.3) is 0 Å². The van der Waals surface area contributed by atoms with Gasteiger partial charge in [0.1, 0.15) is 5.82 Å². The third kappa shape index (κ3) is 2.97. The van der Waals surface area contributed by atoms with Crippen LogP contribution in [-0.2, 0) is 22.8 Å². The summed E-state index contributed by atoms with van der Waals surface area (Å²) in [5, 5.41) is 12.5. The van der Waals surface area contributed by atoms with Gasteiger partial charge in [0, 0.05) is 11.3 Å². The lowest BCUT2D eigenvalue weighted by Crippen LogP contribution is -2.16. The lowest BCUT2D eigenvalue weighted by atomic mass is 10.2. The van der Waals surface area contributed by atoms with E-state index in [1.54, 1.807) is 6.92 Å². The SMILES string of the molecule is CCS(=O)(=O)CCn1ncc(CC#N)c1N. The van der Waals surface area contributed by atoms with Crippen molar-refractivity contribution in [2.45, 2.75) is 19.9 Å². The van der Waals surface area contributed by atoms with Crippen LogP contribution < -0.4 is 5.73 Å². The molecule has 0 aliphatic rings. The summed E-state index contributed by atoms with van der Waals surface area (Å²) in [7, 11) is -3.02. The average molecular weight is 242 g/mol. The predicted molar refractivity (Wildman–Crippen MR) is 60.3 cm³/mol. The molecule has 7 heteroatoms. The molecule has 0 saturated heterocycles. The summed E-state index contributed by atoms with van der Waals surface area (Å²) < 4.78 is 24.0. The zero-order chi connectivity index (χ0) is 12.2. The van der Waals surface area contributed by atoms with Gasteiger partial charge < -0.3 is 5.73 Å². The monoisotopic (exact) mass is 242 g/mol. The third-order valence-corrected chi connectivity index (χ3v) is 3.97. The Morgan fingerprint density at radius 1 is 1.62 bits per heavy atom. The van der Waals surface area contributed by atoms with E-state index in [4.69, 9.17) is 11.0 Å². The van der Waals surface area contributed by atoms with Crippen molar-refractivity contribution in [3.63, 3.8) is 0 Å². The van der Waals surface area contributed by atoms with E-state index < -0.39 is 9.84 Å². The molecule has 0 saturated carbocycles. The topological polar surface area (TPSA) is 102 Å². The molecule has 1 heterocycles. The highest BCUT2D eigenvalue weighted by Gasteiger charge is 2.11. The van der Waals surface area contributed by atoms with Gasteiger partial charge in [0.15, 0.2) is 9.84 Å². The summed E-state index contributed by atoms with van der Waals surface area (Å²) in [6, 6.07) is 1.97. The second-order valence-corrected chi connectivity index (χ2v) is 5.82. The fraction of sp³-hybridized carbons (Fsp3) is 0.556. The smallest absolute Gasteiger partial charge is 0.151 e. The van der Waals surface area contributed by atoms with E-state index in [1.807, 2.05) is 6.07 Å². The van der Waals surface area contributed by atoms with Crippen molar-refractivity contribution in [3.05, 3.63) is 11.8 Å². The number of nitrogens with two attached hydrogens (primary N) is 1. The van der Waals surface area contributed by atoms with E-state index in [0.29, 0.717) is 11.4 Å². The molecule has 1 rings (SSSR count). The Morgan fingerprint density at radius 3 is 2.88 bits per heavy atom. The molecular weight excluding hydrogens is 228 g/mol. The number of nitriles is 1. The summed E-state index contributed by atoms with van der Waals surface area (Å²) in [4.78, 5) is 0. The molecule has 0 aliphatic carbocycles. The van der Waals surface area contributed by atoms with Crippen LogP contribution in [0.2, 0.25) is 0 Å². The molecule has 1 aromatic rings. The first kappa shape index (κ1) is 12.5. The highest BCUT2D eigenvalue weighted by molar-refractivity contribution is 7.91. The number of hydrogen-bond acceptors (Lipinski definition) is 5. The van der Waals surface area contributed by atoms with Crippen LogP contribution in [0.15, 0.2) is 6.20 Å². The lowest BCUT2D eigenvalue weighted by Gasteiger charge is -2.04. The zero-order valence-electron chi connectivity index (χ0n) is 9.05. The zero-order valence-corrected chi connectivity index (χ0v) is 9.87. The van der Waals surface area contributed by atoms with Gasteiger partial charge in [-0.3, -0.25) is 0 Å². The van der Waals surface area contributed by atoms with E-state index in [9.17, 15) is 8.42 Å². The number of hydrogen-bond donors (Lipinski definition) is 1. The van der Waals surface area contributed by atoms with Crippen LogP contribution in [0.4, 0.5) is 5.82 Å². The number of aryl methyl sites for hydroxylation is 1. The second kappa shape index (κ2) is 4.99. The molecule has 0 aromatic carbocycles. The second-order valence-electron chi connectivity index (χ2n) is 3.35. The van der Waals surface area contributed by atoms with Crippen molar-refractivity contribution in [1.82, 2.24) is 9.78 Å². The normalized spacial score (nSPS) is 11.2. The first-order valence-corrected chi connectivity index (χ1v) is 6.70. The standard InChI is InChI=1S/C9H14N4O2S/c1-2-16(14,15)6-5-13-9(11)8(3-4-10)7-12-13/h7H,2-3,5-6,11H2,1H3. The van der Waals surface area contributed by atoms with Crippen LogP contribution in [0, 0.1) is 11.3 Å². The molecule has 0 fully saturated rings. The van der Waals surface area contributed by atoms with Gasteiger partial charge in [-0.05, 0) is 0 Å². The van der Waals surface area contributed by atoms with Crippen LogP contribution in [-0.4, -0.2) is 29.7 Å². The number of nitrogens with zero attached hydrogens (tertiary/aromatic N) is 3. The quantitative estimate of drug-likeness (QED) is 0.781. The minimum atomic E-state index is -3.02. The molecular formula is C9H14N4O2S. The minimum absolute atomic E-state index is 0.0153. The van der Waals surface area contributed by atoms with E-state index in [1.165, 1.54) is 10.9 Å². The Hall–Kier alpha value is -1.55. The van der Waals surface area contributed by atoms with Crippen molar-refractivity contribution in [2.75, 3.05) is 17.2 Å². The van der Waals surface area contributed by atoms with E-state index in [-0.39, 0.29) is 24.5 Å². The summed E-state index contributed by atoms with van der Waals surface area (Å²) in [5.74, 6) is 0.494. The number of nitrogen functional groups attached to an aromatic ring is 1. The first-order chi connectivity index (χ1) is 7.50. The highest BCUT2D eigenvalue weighted by atomic mass is 32.2. The Balaban J connectivity index is 2.73. The van der Waals surface area contributed by atoms with Gasteiger partial charge >= 0.3 is 0 Å². The maximum atomic E-state index is 11.3. The Morgan fingerprint density at radius 2 is 2.31 bits per heavy atom. The van der Waals surface area contributed by atoms with Gasteiger partial charge in [0.05, 0.1) is 31.0 Å². The summed E-state index contributed by atoms with van der Waals surface area (Å²) in [6.45, 7) is 1.83. The fourth-order valence-corrected chi connectivity index (χ4v) is 1.94. The van der Waals surface area contributed by atoms with Crippen LogP contribution in [0.1, 0.15) is 12.5 Å². The largest absolute Gasteiger partial charge is 0.384 e. The van der Waals surface area contributed by atoms with E-state index in [2.05, 4.69) is 5.10 Å². The molecule has 0 atom stereocenters. The van der Waals surface area contributed by atoms with Gasteiger partial charge in [-0.25, -0.2) is 13.1 Å². The summed E-state index contributed by atoms with van der Waals surface area (Å²) >= 11 is 0. The van der Waals surface area contributed by atoms with Gasteiger partial charge in [-0.15, -0.1) is 0 Å². The van der Waals surface area contributed by atoms with Crippen molar-refractivity contribution in [3.8, 4) is 6.07 Å². The first-order valence-electron chi connectivity index (χ1n) is 4.87. The number of anilines is 1. The van der Waals surface area contributed by atoms with Gasteiger partial charge in [-0.2, -0.15) is 10.4 Å². The maximum absolute atomic E-state index is 11.3. The summed E-state index contributed by atoms with van der Waals surface area (Å²) in [5.41, 5.74) is 6.35. The van der Waals surface area contributed by atoms with E-state index in [0.717, 1.165) is 0 Å². The van der Waals surface area contributed by atoms with Crippen molar-refractivity contribution in [1.29, 1.82) is 5.26 Å². The van der Waals surface area contributed by atoms with Crippen LogP contribution in [0.5, 0.6) is 0 Å². The molecule has 0 amide bonds. The Bertz CT molecular complexity index is 498. The molecule has 16 heavy (non-hydrogen) atoms. The lowest BCUT2D eigenvalue weighted by molar-refractivity contribution is 0.583. The van der Waals surface area contributed by atoms with Gasteiger partial charge in [0.2, 0.25) is 0 Å². The number of rotatable bonds is 5. The molecule has 0 aliphatic heterocycles. The molecule has 1 aromatic heterocycles. The fourth-order valence-electron chi connectivity index (χ4n) is 1.20. The maximum Gasteiger partial charge on any atom is 0.151 e. The average Bonchev–Trinajstić information content (AvgIpc) is 2.59. The Kier molecular flexibility index (Phi) is 3.90. The molecule has 6 nitrogen and oxygen atoms in total. The molecule has 0 bridgehead atoms. The third-order valence-electron chi connectivity index (χ3n) is 2.28. The molecule has 0 unspecified atom stereocenters. The Labute approximate surface area is 94.6 Å². The number of aromatic nitrogens is 2. The molecule has 88 valence electrons. The highest BCUT2D eigenvalue weighted by Crippen LogP contribution is 2.11. The van der Waals surface area contributed by atoms with Crippen molar-refractivity contribution in [2.24, 2.45) is 0 Å². The van der Waals surface area contributed by atoms with E-state index >= 15 is 0 Å². The predicted octanol–water partition coefficient (Wildman–Crippen LogP) is -0.0339. The minimum Gasteiger partial charge on any atom is -0.384 e.